The largest absolute Gasteiger partial charge is 0.469 e. The van der Waals surface area contributed by atoms with Gasteiger partial charge >= 0.3 is 19.8 Å². The van der Waals surface area contributed by atoms with Crippen LogP contribution < -0.4 is 0 Å². The Labute approximate surface area is 298 Å². The molecule has 2 N–H and O–H groups in total. The number of esters is 2. The summed E-state index contributed by atoms with van der Waals surface area (Å²) in [5.41, 5.74) is 0. The third-order valence-corrected chi connectivity index (χ3v) is 7.99. The Kier molecular flexibility index (Phi) is 33.5. The van der Waals surface area contributed by atoms with Gasteiger partial charge in [-0.25, -0.2) is 4.57 Å². The van der Waals surface area contributed by atoms with Crippen molar-refractivity contribution in [3.63, 3.8) is 0 Å². The van der Waals surface area contributed by atoms with E-state index in [4.69, 9.17) is 19.3 Å². The summed E-state index contributed by atoms with van der Waals surface area (Å²) < 4.78 is 26.2. The minimum Gasteiger partial charge on any atom is -0.462 e. The first-order valence-electron chi connectivity index (χ1n) is 18.7. The molecule has 0 unspecified atom stereocenters. The van der Waals surface area contributed by atoms with E-state index in [2.05, 4.69) is 79.1 Å². The van der Waals surface area contributed by atoms with Crippen molar-refractivity contribution in [3.05, 3.63) is 72.9 Å². The van der Waals surface area contributed by atoms with E-state index in [1.165, 1.54) is 51.4 Å². The summed E-state index contributed by atoms with van der Waals surface area (Å²) >= 11 is 0. The number of carbonyl (C=O) groups is 2. The molecule has 0 aromatic rings. The monoisotopic (exact) mass is 706 g/mol. The van der Waals surface area contributed by atoms with Gasteiger partial charge < -0.3 is 19.3 Å². The van der Waals surface area contributed by atoms with E-state index in [1.807, 2.05) is 12.2 Å². The van der Waals surface area contributed by atoms with Gasteiger partial charge in [-0.15, -0.1) is 0 Å². The number of ether oxygens (including phenoxy) is 2. The van der Waals surface area contributed by atoms with Gasteiger partial charge in [-0.2, -0.15) is 0 Å². The number of unbranched alkanes of at least 4 members (excludes halogenated alkanes) is 11. The van der Waals surface area contributed by atoms with Crippen LogP contribution in [0.3, 0.4) is 0 Å². The van der Waals surface area contributed by atoms with Crippen LogP contribution in [0.1, 0.15) is 149 Å². The van der Waals surface area contributed by atoms with Gasteiger partial charge in [-0.3, -0.25) is 14.1 Å². The van der Waals surface area contributed by atoms with Crippen molar-refractivity contribution >= 4 is 19.8 Å². The molecule has 0 aromatic carbocycles. The molecule has 0 radical (unpaired) electrons. The Morgan fingerprint density at radius 3 is 1.43 bits per heavy atom. The van der Waals surface area contributed by atoms with Gasteiger partial charge in [0.25, 0.3) is 0 Å². The molecule has 0 heterocycles. The quantitative estimate of drug-likeness (QED) is 0.0299. The molecule has 1 atom stereocenters. The van der Waals surface area contributed by atoms with Crippen molar-refractivity contribution < 1.29 is 37.9 Å². The van der Waals surface area contributed by atoms with Crippen LogP contribution >= 0.6 is 7.82 Å². The first kappa shape index (κ1) is 46.5. The van der Waals surface area contributed by atoms with Gasteiger partial charge in [0.2, 0.25) is 0 Å². The second-order valence-electron chi connectivity index (χ2n) is 12.2. The molecule has 0 rings (SSSR count). The van der Waals surface area contributed by atoms with Crippen LogP contribution in [0.15, 0.2) is 72.9 Å². The highest BCUT2D eigenvalue weighted by molar-refractivity contribution is 7.46. The van der Waals surface area contributed by atoms with Crippen molar-refractivity contribution in [2.75, 3.05) is 13.2 Å². The van der Waals surface area contributed by atoms with E-state index < -0.39 is 32.5 Å². The summed E-state index contributed by atoms with van der Waals surface area (Å²) in [4.78, 5) is 42.6. The van der Waals surface area contributed by atoms with Gasteiger partial charge in [-0.1, -0.05) is 157 Å². The fourth-order valence-corrected chi connectivity index (χ4v) is 5.11. The lowest BCUT2D eigenvalue weighted by Crippen LogP contribution is -2.29. The molecule has 8 nitrogen and oxygen atoms in total. The second-order valence-corrected chi connectivity index (χ2v) is 13.4. The van der Waals surface area contributed by atoms with Crippen LogP contribution in [0.2, 0.25) is 0 Å². The minimum atomic E-state index is -4.77. The number of rotatable bonds is 33. The third kappa shape index (κ3) is 38.1. The SMILES string of the molecule is CC/C=C/C/C=C/C/C=C/C/C=C/C/C=C/C/C=C/CCC(=O)OC[C@H](COP(=O)(O)O)OC(=O)CCCCCCCCCCCCCC. The van der Waals surface area contributed by atoms with Gasteiger partial charge in [0.15, 0.2) is 6.10 Å². The van der Waals surface area contributed by atoms with Gasteiger partial charge in [0.1, 0.15) is 6.61 Å². The first-order valence-corrected chi connectivity index (χ1v) is 20.3. The molecule has 0 fully saturated rings. The van der Waals surface area contributed by atoms with Crippen molar-refractivity contribution in [1.82, 2.24) is 0 Å². The van der Waals surface area contributed by atoms with Crippen LogP contribution in [0.5, 0.6) is 0 Å². The van der Waals surface area contributed by atoms with Crippen LogP contribution in [0.25, 0.3) is 0 Å². The van der Waals surface area contributed by atoms with E-state index in [-0.39, 0.29) is 19.4 Å². The molecule has 0 saturated heterocycles. The van der Waals surface area contributed by atoms with Crippen LogP contribution in [0.4, 0.5) is 0 Å². The average Bonchev–Trinajstić information content (AvgIpc) is 3.07. The van der Waals surface area contributed by atoms with E-state index in [1.54, 1.807) is 0 Å². The molecule has 0 aliphatic carbocycles. The number of phosphoric ester groups is 1. The smallest absolute Gasteiger partial charge is 0.462 e. The van der Waals surface area contributed by atoms with Gasteiger partial charge in [-0.05, 0) is 51.4 Å². The van der Waals surface area contributed by atoms with Crippen LogP contribution in [-0.2, 0) is 28.2 Å². The molecular weight excluding hydrogens is 639 g/mol. The normalized spacial score (nSPS) is 13.3. The van der Waals surface area contributed by atoms with E-state index in [9.17, 15) is 14.2 Å². The maximum Gasteiger partial charge on any atom is 0.469 e. The zero-order valence-corrected chi connectivity index (χ0v) is 31.5. The Hall–Kier alpha value is -2.51. The molecule has 280 valence electrons. The number of allylic oxidation sites excluding steroid dienone is 12. The van der Waals surface area contributed by atoms with Crippen LogP contribution in [-0.4, -0.2) is 41.0 Å². The molecule has 49 heavy (non-hydrogen) atoms. The highest BCUT2D eigenvalue weighted by Gasteiger charge is 2.22. The van der Waals surface area contributed by atoms with Gasteiger partial charge in [0, 0.05) is 12.8 Å². The molecule has 0 spiro atoms. The first-order chi connectivity index (χ1) is 23.8. The Morgan fingerprint density at radius 1 is 0.551 bits per heavy atom. The van der Waals surface area contributed by atoms with Crippen molar-refractivity contribution in [1.29, 1.82) is 0 Å². The second kappa shape index (κ2) is 35.3. The lowest BCUT2D eigenvalue weighted by Gasteiger charge is -2.18. The molecule has 0 aromatic heterocycles. The summed E-state index contributed by atoms with van der Waals surface area (Å²) in [7, 11) is -4.77. The molecule has 0 bridgehead atoms. The number of hydrogen-bond donors (Lipinski definition) is 2. The van der Waals surface area contributed by atoms with Gasteiger partial charge in [0.05, 0.1) is 6.61 Å². The fraction of sp³-hybridized carbons (Fsp3) is 0.650. The standard InChI is InChI=1S/C40H67O8P/c1-3-5-7-9-11-13-15-17-18-19-20-21-22-23-25-26-28-30-32-34-39(41)46-36-38(37-47-49(43,44)45)48-40(42)35-33-31-29-27-24-16-14-12-10-8-6-4-2/h5,7,11,13,17-18,20-21,23,25,28,30,38H,3-4,6,8-10,12,14-16,19,22,24,26-27,29,31-37H2,1-2H3,(H2,43,44,45)/b7-5+,13-11+,18-17+,21-20+,25-23+,30-28+/t38-/m1/s1. The maximum atomic E-state index is 12.3. The molecule has 0 aliphatic rings. The lowest BCUT2D eigenvalue weighted by atomic mass is 10.0. The lowest BCUT2D eigenvalue weighted by molar-refractivity contribution is -0.161. The topological polar surface area (TPSA) is 119 Å². The summed E-state index contributed by atoms with van der Waals surface area (Å²) in [5, 5.41) is 0. The summed E-state index contributed by atoms with van der Waals surface area (Å²) in [6.45, 7) is 3.48. The Morgan fingerprint density at radius 2 is 0.980 bits per heavy atom. The highest BCUT2D eigenvalue weighted by atomic mass is 31.2. The van der Waals surface area contributed by atoms with Crippen molar-refractivity contribution in [3.8, 4) is 0 Å². The molecule has 0 aliphatic heterocycles. The molecule has 9 heteroatoms. The predicted molar refractivity (Wildman–Crippen MR) is 202 cm³/mol. The van der Waals surface area contributed by atoms with Crippen molar-refractivity contribution in [2.45, 2.75) is 155 Å². The van der Waals surface area contributed by atoms with E-state index >= 15 is 0 Å². The summed E-state index contributed by atoms with van der Waals surface area (Å²) in [6, 6.07) is 0. The van der Waals surface area contributed by atoms with Crippen LogP contribution in [0, 0.1) is 0 Å². The molecule has 0 saturated carbocycles. The zero-order valence-electron chi connectivity index (χ0n) is 30.6. The number of hydrogen-bond acceptors (Lipinski definition) is 6. The zero-order chi connectivity index (χ0) is 36.1. The summed E-state index contributed by atoms with van der Waals surface area (Å²) in [5.74, 6) is -0.988. The Bertz CT molecular complexity index is 1020. The van der Waals surface area contributed by atoms with E-state index in [0.717, 1.165) is 57.8 Å². The highest BCUT2D eigenvalue weighted by Crippen LogP contribution is 2.35. The minimum absolute atomic E-state index is 0.140. The maximum absolute atomic E-state index is 12.3. The average molecular weight is 707 g/mol. The molecular formula is C40H67O8P. The molecule has 0 amide bonds. The number of phosphoric acid groups is 1. The Balaban J connectivity index is 4.11. The third-order valence-electron chi connectivity index (χ3n) is 7.50. The fourth-order valence-electron chi connectivity index (χ4n) is 4.75. The number of carbonyl (C=O) groups excluding carboxylic acids is 2. The van der Waals surface area contributed by atoms with Crippen molar-refractivity contribution in [2.24, 2.45) is 0 Å². The summed E-state index contributed by atoms with van der Waals surface area (Å²) in [6.07, 6.45) is 44.9. The van der Waals surface area contributed by atoms with E-state index in [0.29, 0.717) is 12.8 Å². The predicted octanol–water partition coefficient (Wildman–Crippen LogP) is 11.1.